The quantitative estimate of drug-likeness (QED) is 0.260. The van der Waals surface area contributed by atoms with Crippen LogP contribution in [0.3, 0.4) is 0 Å². The standard InChI is InChI=1S/C21H23Br2NO4/c1-10(2)8-14(21(27)28-11-6-4-3-5-7-11)24-19(25)15-12-9-13(16(15)20(24)26)18(23)17(12)22/h3-7,10,12-18H,8-9H2,1-2H3/t12-,13-,14-,15-,16-,17+,18+/m1/s1. The summed E-state index contributed by atoms with van der Waals surface area (Å²) in [4.78, 5) is 41.1. The van der Waals surface area contributed by atoms with Crippen molar-refractivity contribution in [2.45, 2.75) is 42.4 Å². The summed E-state index contributed by atoms with van der Waals surface area (Å²) in [5, 5.41) is 0. The second-order valence-corrected chi connectivity index (χ2v) is 10.5. The molecular weight excluding hydrogens is 490 g/mol. The molecule has 150 valence electrons. The zero-order valence-corrected chi connectivity index (χ0v) is 18.9. The lowest BCUT2D eigenvalue weighted by Crippen LogP contribution is -2.48. The van der Waals surface area contributed by atoms with E-state index in [1.165, 1.54) is 4.90 Å². The summed E-state index contributed by atoms with van der Waals surface area (Å²) in [5.41, 5.74) is 0. The number of hydrogen-bond acceptors (Lipinski definition) is 4. The van der Waals surface area contributed by atoms with Crippen molar-refractivity contribution in [3.63, 3.8) is 0 Å². The maximum atomic E-state index is 13.3. The maximum Gasteiger partial charge on any atom is 0.334 e. The molecule has 0 N–H and O–H groups in total. The maximum absolute atomic E-state index is 13.3. The van der Waals surface area contributed by atoms with E-state index < -0.39 is 12.0 Å². The number of ether oxygens (including phenoxy) is 1. The highest BCUT2D eigenvalue weighted by Crippen LogP contribution is 2.60. The predicted molar refractivity (Wildman–Crippen MR) is 111 cm³/mol. The minimum absolute atomic E-state index is 0.130. The molecule has 1 aromatic carbocycles. The van der Waals surface area contributed by atoms with Gasteiger partial charge in [0.15, 0.2) is 0 Å². The van der Waals surface area contributed by atoms with Gasteiger partial charge in [-0.3, -0.25) is 14.5 Å². The zero-order chi connectivity index (χ0) is 20.2. The highest BCUT2D eigenvalue weighted by atomic mass is 79.9. The summed E-state index contributed by atoms with van der Waals surface area (Å²) < 4.78 is 5.52. The molecule has 1 heterocycles. The van der Waals surface area contributed by atoms with Crippen LogP contribution < -0.4 is 4.74 Å². The lowest BCUT2D eigenvalue weighted by molar-refractivity contribution is -0.154. The number of esters is 1. The number of nitrogens with zero attached hydrogens (tertiary/aromatic N) is 1. The number of benzene rings is 1. The molecule has 3 aliphatic rings. The molecule has 7 atom stereocenters. The lowest BCUT2D eigenvalue weighted by atomic mass is 9.81. The Morgan fingerprint density at radius 3 is 2.11 bits per heavy atom. The lowest BCUT2D eigenvalue weighted by Gasteiger charge is -2.28. The summed E-state index contributed by atoms with van der Waals surface area (Å²) in [5.74, 6) is -0.787. The van der Waals surface area contributed by atoms with Crippen molar-refractivity contribution in [2.24, 2.45) is 29.6 Å². The number of amides is 2. The SMILES string of the molecule is CC(C)C[C@H](C(=O)Oc1ccccc1)N1C(=O)[C@@H]2[C@H]3C[C@@H]([C@H](Br)[C@H]3Br)[C@H]2C1=O. The van der Waals surface area contributed by atoms with E-state index in [1.54, 1.807) is 24.3 Å². The van der Waals surface area contributed by atoms with Crippen LogP contribution in [0.4, 0.5) is 0 Å². The third-order valence-electron chi connectivity index (χ3n) is 6.26. The number of imide groups is 1. The molecule has 0 aromatic heterocycles. The fourth-order valence-corrected chi connectivity index (χ4v) is 6.98. The number of carbonyl (C=O) groups excluding carboxylic acids is 3. The van der Waals surface area contributed by atoms with E-state index >= 15 is 0 Å². The molecule has 1 aromatic rings. The smallest absolute Gasteiger partial charge is 0.334 e. The fourth-order valence-electron chi connectivity index (χ4n) is 5.11. The van der Waals surface area contributed by atoms with Crippen molar-refractivity contribution in [1.29, 1.82) is 0 Å². The van der Waals surface area contributed by atoms with E-state index in [9.17, 15) is 14.4 Å². The topological polar surface area (TPSA) is 63.7 Å². The van der Waals surface area contributed by atoms with Crippen molar-refractivity contribution < 1.29 is 19.1 Å². The summed E-state index contributed by atoms with van der Waals surface area (Å²) in [6.07, 6.45) is 1.27. The normalized spacial score (nSPS) is 34.8. The van der Waals surface area contributed by atoms with E-state index in [2.05, 4.69) is 31.9 Å². The molecule has 2 amide bonds. The molecule has 0 unspecified atom stereocenters. The van der Waals surface area contributed by atoms with Crippen LogP contribution in [0.15, 0.2) is 30.3 Å². The Hall–Kier alpha value is -1.21. The van der Waals surface area contributed by atoms with Crippen molar-refractivity contribution in [3.05, 3.63) is 30.3 Å². The Balaban J connectivity index is 1.61. The van der Waals surface area contributed by atoms with Gasteiger partial charge in [0.1, 0.15) is 11.8 Å². The zero-order valence-electron chi connectivity index (χ0n) is 15.8. The molecule has 1 aliphatic heterocycles. The van der Waals surface area contributed by atoms with E-state index in [-0.39, 0.29) is 51.1 Å². The van der Waals surface area contributed by atoms with Gasteiger partial charge in [0.25, 0.3) is 0 Å². The van der Waals surface area contributed by atoms with Crippen LogP contribution in [-0.4, -0.2) is 38.4 Å². The van der Waals surface area contributed by atoms with Gasteiger partial charge in [-0.15, -0.1) is 0 Å². The average molecular weight is 513 g/mol. The summed E-state index contributed by atoms with van der Waals surface area (Å²) >= 11 is 7.39. The monoisotopic (exact) mass is 511 g/mol. The van der Waals surface area contributed by atoms with Gasteiger partial charge in [-0.2, -0.15) is 0 Å². The van der Waals surface area contributed by atoms with E-state index in [0.29, 0.717) is 12.2 Å². The van der Waals surface area contributed by atoms with Gasteiger partial charge in [0.2, 0.25) is 11.8 Å². The highest BCUT2D eigenvalue weighted by Gasteiger charge is 2.67. The summed E-state index contributed by atoms with van der Waals surface area (Å²) in [7, 11) is 0. The van der Waals surface area contributed by atoms with Crippen molar-refractivity contribution >= 4 is 49.6 Å². The molecule has 4 rings (SSSR count). The van der Waals surface area contributed by atoms with Gasteiger partial charge in [0.05, 0.1) is 11.8 Å². The minimum atomic E-state index is -0.882. The van der Waals surface area contributed by atoms with Crippen LogP contribution in [0.25, 0.3) is 0 Å². The van der Waals surface area contributed by atoms with Gasteiger partial charge in [-0.25, -0.2) is 4.79 Å². The first kappa shape index (κ1) is 20.1. The van der Waals surface area contributed by atoms with E-state index in [1.807, 2.05) is 19.9 Å². The van der Waals surface area contributed by atoms with Crippen LogP contribution in [0.5, 0.6) is 5.75 Å². The second kappa shape index (κ2) is 7.56. The first-order valence-electron chi connectivity index (χ1n) is 9.73. The summed E-state index contributed by atoms with van der Waals surface area (Å²) in [6.45, 7) is 3.95. The van der Waals surface area contributed by atoms with Crippen LogP contribution in [-0.2, 0) is 14.4 Å². The molecule has 3 fully saturated rings. The minimum Gasteiger partial charge on any atom is -0.425 e. The number of halogens is 2. The molecule has 2 bridgehead atoms. The Kier molecular flexibility index (Phi) is 5.42. The number of likely N-dealkylation sites (tertiary alicyclic amines) is 1. The van der Waals surface area contributed by atoms with Crippen LogP contribution in [0.2, 0.25) is 0 Å². The number of rotatable bonds is 5. The molecule has 0 radical (unpaired) electrons. The largest absolute Gasteiger partial charge is 0.425 e. The molecule has 2 saturated carbocycles. The highest BCUT2D eigenvalue weighted by molar-refractivity contribution is 9.12. The Morgan fingerprint density at radius 2 is 1.61 bits per heavy atom. The number of fused-ring (bicyclic) bond motifs is 5. The number of carbonyl (C=O) groups is 3. The second-order valence-electron chi connectivity index (χ2n) is 8.43. The van der Waals surface area contributed by atoms with E-state index in [0.717, 1.165) is 6.42 Å². The van der Waals surface area contributed by atoms with Crippen LogP contribution in [0, 0.1) is 29.6 Å². The first-order chi connectivity index (χ1) is 13.3. The predicted octanol–water partition coefficient (Wildman–Crippen LogP) is 3.78. The number of para-hydroxylation sites is 1. The van der Waals surface area contributed by atoms with Crippen molar-refractivity contribution in [2.75, 3.05) is 0 Å². The average Bonchev–Trinajstić information content (AvgIpc) is 3.26. The molecular formula is C21H23Br2NO4. The summed E-state index contributed by atoms with van der Waals surface area (Å²) in [6, 6.07) is 7.89. The van der Waals surface area contributed by atoms with Crippen LogP contribution in [0.1, 0.15) is 26.7 Å². The molecule has 28 heavy (non-hydrogen) atoms. The van der Waals surface area contributed by atoms with Gasteiger partial charge in [0, 0.05) is 9.65 Å². The number of alkyl halides is 2. The van der Waals surface area contributed by atoms with Gasteiger partial charge >= 0.3 is 5.97 Å². The Morgan fingerprint density at radius 1 is 1.07 bits per heavy atom. The molecule has 7 heteroatoms. The van der Waals surface area contributed by atoms with Gasteiger partial charge in [-0.05, 0) is 42.7 Å². The molecule has 5 nitrogen and oxygen atoms in total. The molecule has 1 saturated heterocycles. The van der Waals surface area contributed by atoms with Crippen molar-refractivity contribution in [1.82, 2.24) is 4.90 Å². The molecule has 2 aliphatic carbocycles. The first-order valence-corrected chi connectivity index (χ1v) is 11.6. The molecule has 0 spiro atoms. The fraction of sp³-hybridized carbons (Fsp3) is 0.571. The van der Waals surface area contributed by atoms with Gasteiger partial charge < -0.3 is 4.74 Å². The van der Waals surface area contributed by atoms with Gasteiger partial charge in [-0.1, -0.05) is 63.9 Å². The third-order valence-corrected chi connectivity index (χ3v) is 9.47. The number of hydrogen-bond donors (Lipinski definition) is 0. The van der Waals surface area contributed by atoms with E-state index in [4.69, 9.17) is 4.74 Å². The van der Waals surface area contributed by atoms with Crippen LogP contribution >= 0.6 is 31.9 Å². The third kappa shape index (κ3) is 3.15. The Bertz CT molecular complexity index is 767. The Labute approximate surface area is 181 Å². The van der Waals surface area contributed by atoms with Crippen molar-refractivity contribution in [3.8, 4) is 5.75 Å².